The van der Waals surface area contributed by atoms with Crippen molar-refractivity contribution in [2.45, 2.75) is 37.0 Å². The molecule has 1 saturated heterocycles. The standard InChI is InChI=1S/C16H15ClN4S2.C4H7NO/c17-9-5-10(18)12(22)6-11(9)21-15-14-8-3-1-2-4-13(8)23-16(14)20-7-19-15;6-4-5-2-1-3-5/h5-7,22H,1-4,18H2,(H,19,20,21);4H,1-3H2. The number of carbonyl (C=O) groups excluding carboxylic acids is 1. The molecule has 0 atom stereocenters. The summed E-state index contributed by atoms with van der Waals surface area (Å²) >= 11 is 12.4. The van der Waals surface area contributed by atoms with E-state index in [-0.39, 0.29) is 0 Å². The number of fused-ring (bicyclic) bond motifs is 3. The number of anilines is 3. The molecule has 1 aliphatic carbocycles. The van der Waals surface area contributed by atoms with E-state index >= 15 is 0 Å². The number of nitrogen functional groups attached to an aromatic ring is 1. The molecular weight excluding hydrogens is 426 g/mol. The molecule has 5 rings (SSSR count). The molecule has 6 nitrogen and oxygen atoms in total. The van der Waals surface area contributed by atoms with E-state index in [1.54, 1.807) is 28.6 Å². The molecule has 152 valence electrons. The number of carbonyl (C=O) groups is 1. The van der Waals surface area contributed by atoms with Crippen molar-refractivity contribution >= 4 is 69.4 Å². The van der Waals surface area contributed by atoms with Gasteiger partial charge < -0.3 is 16.0 Å². The van der Waals surface area contributed by atoms with Crippen molar-refractivity contribution in [2.75, 3.05) is 24.1 Å². The van der Waals surface area contributed by atoms with Crippen molar-refractivity contribution in [3.63, 3.8) is 0 Å². The summed E-state index contributed by atoms with van der Waals surface area (Å²) in [5.41, 5.74) is 8.53. The third-order valence-corrected chi connectivity index (χ3v) is 7.06. The van der Waals surface area contributed by atoms with Crippen LogP contribution >= 0.6 is 35.6 Å². The van der Waals surface area contributed by atoms with Gasteiger partial charge in [-0.15, -0.1) is 24.0 Å². The van der Waals surface area contributed by atoms with E-state index in [4.69, 9.17) is 17.3 Å². The Bertz CT molecular complexity index is 1050. The first-order valence-electron chi connectivity index (χ1n) is 9.56. The summed E-state index contributed by atoms with van der Waals surface area (Å²) in [4.78, 5) is 23.5. The summed E-state index contributed by atoms with van der Waals surface area (Å²) in [6.45, 7) is 1.95. The van der Waals surface area contributed by atoms with E-state index in [9.17, 15) is 4.79 Å². The summed E-state index contributed by atoms with van der Waals surface area (Å²) in [7, 11) is 0. The van der Waals surface area contributed by atoms with Crippen LogP contribution in [-0.2, 0) is 17.6 Å². The maximum Gasteiger partial charge on any atom is 0.209 e. The predicted octanol–water partition coefficient (Wildman–Crippen LogP) is 4.69. The fraction of sp³-hybridized carbons (Fsp3) is 0.350. The number of amides is 1. The van der Waals surface area contributed by atoms with Gasteiger partial charge in [0.1, 0.15) is 17.0 Å². The maximum atomic E-state index is 9.71. The summed E-state index contributed by atoms with van der Waals surface area (Å²) in [6.07, 6.45) is 8.38. The van der Waals surface area contributed by atoms with Crippen molar-refractivity contribution in [3.05, 3.63) is 33.9 Å². The molecule has 3 N–H and O–H groups in total. The molecule has 29 heavy (non-hydrogen) atoms. The highest BCUT2D eigenvalue weighted by Gasteiger charge is 2.20. The molecule has 9 heteroatoms. The number of hydrogen-bond acceptors (Lipinski definition) is 7. The number of aromatic nitrogens is 2. The molecular formula is C20H22ClN5OS2. The number of thiophene rings is 1. The Morgan fingerprint density at radius 1 is 1.21 bits per heavy atom. The number of hydrogen-bond donors (Lipinski definition) is 3. The maximum absolute atomic E-state index is 9.71. The van der Waals surface area contributed by atoms with E-state index in [2.05, 4.69) is 27.9 Å². The van der Waals surface area contributed by atoms with Gasteiger partial charge in [0, 0.05) is 28.5 Å². The van der Waals surface area contributed by atoms with Crippen molar-refractivity contribution in [1.82, 2.24) is 14.9 Å². The Morgan fingerprint density at radius 3 is 2.69 bits per heavy atom. The van der Waals surface area contributed by atoms with Gasteiger partial charge in [0.15, 0.2) is 0 Å². The Balaban J connectivity index is 0.000000294. The van der Waals surface area contributed by atoms with Gasteiger partial charge in [-0.1, -0.05) is 11.6 Å². The zero-order valence-electron chi connectivity index (χ0n) is 15.8. The molecule has 0 radical (unpaired) electrons. The summed E-state index contributed by atoms with van der Waals surface area (Å²) in [5, 5.41) is 5.02. The highest BCUT2D eigenvalue weighted by atomic mass is 35.5. The number of nitrogens with zero attached hydrogens (tertiary/aromatic N) is 3. The lowest BCUT2D eigenvalue weighted by Gasteiger charge is -2.25. The van der Waals surface area contributed by atoms with Gasteiger partial charge in [0.2, 0.25) is 6.41 Å². The van der Waals surface area contributed by atoms with Crippen LogP contribution in [0.25, 0.3) is 10.2 Å². The second-order valence-electron chi connectivity index (χ2n) is 7.12. The number of benzene rings is 1. The smallest absolute Gasteiger partial charge is 0.209 e. The van der Waals surface area contributed by atoms with Gasteiger partial charge in [-0.3, -0.25) is 4.79 Å². The number of nitrogens with two attached hydrogens (primary N) is 1. The van der Waals surface area contributed by atoms with E-state index in [0.717, 1.165) is 54.1 Å². The molecule has 2 aliphatic rings. The topological polar surface area (TPSA) is 84.1 Å². The van der Waals surface area contributed by atoms with Gasteiger partial charge in [-0.05, 0) is 49.8 Å². The highest BCUT2D eigenvalue weighted by molar-refractivity contribution is 7.80. The monoisotopic (exact) mass is 447 g/mol. The van der Waals surface area contributed by atoms with Gasteiger partial charge in [0.25, 0.3) is 0 Å². The van der Waals surface area contributed by atoms with E-state index < -0.39 is 0 Å². The van der Waals surface area contributed by atoms with Crippen LogP contribution in [0.4, 0.5) is 17.2 Å². The third kappa shape index (κ3) is 4.29. The van der Waals surface area contributed by atoms with Gasteiger partial charge in [0.05, 0.1) is 16.1 Å². The van der Waals surface area contributed by atoms with Crippen molar-refractivity contribution in [3.8, 4) is 0 Å². The molecule has 1 amide bonds. The van der Waals surface area contributed by atoms with E-state index in [1.807, 2.05) is 6.07 Å². The molecule has 3 aromatic rings. The lowest BCUT2D eigenvalue weighted by atomic mass is 9.97. The second kappa shape index (κ2) is 8.77. The van der Waals surface area contributed by atoms with Crippen LogP contribution < -0.4 is 11.1 Å². The fourth-order valence-corrected chi connectivity index (χ4v) is 5.07. The third-order valence-electron chi connectivity index (χ3n) is 5.16. The van der Waals surface area contributed by atoms with E-state index in [1.165, 1.54) is 29.7 Å². The second-order valence-corrected chi connectivity index (χ2v) is 9.10. The quantitative estimate of drug-likeness (QED) is 0.308. The first-order valence-corrected chi connectivity index (χ1v) is 11.2. The zero-order chi connectivity index (χ0) is 20.4. The number of halogens is 1. The Kier molecular flexibility index (Phi) is 6.12. The van der Waals surface area contributed by atoms with Gasteiger partial charge in [-0.25, -0.2) is 9.97 Å². The largest absolute Gasteiger partial charge is 0.398 e. The Morgan fingerprint density at radius 2 is 2.00 bits per heavy atom. The van der Waals surface area contributed by atoms with Crippen LogP contribution in [0.2, 0.25) is 5.02 Å². The van der Waals surface area contributed by atoms with Gasteiger partial charge >= 0.3 is 0 Å². The SMILES string of the molecule is Nc1cc(Cl)c(Nc2ncnc3sc4c(c23)CCCC4)cc1S.O=CN1CCC1. The minimum Gasteiger partial charge on any atom is -0.398 e. The van der Waals surface area contributed by atoms with E-state index in [0.29, 0.717) is 15.6 Å². The predicted molar refractivity (Wildman–Crippen MR) is 123 cm³/mol. The minimum absolute atomic E-state index is 0.552. The molecule has 3 heterocycles. The number of thiol groups is 1. The van der Waals surface area contributed by atoms with Crippen LogP contribution in [0.3, 0.4) is 0 Å². The van der Waals surface area contributed by atoms with Crippen molar-refractivity contribution in [1.29, 1.82) is 0 Å². The first kappa shape index (κ1) is 20.3. The molecule has 0 spiro atoms. The molecule has 0 saturated carbocycles. The fourth-order valence-electron chi connectivity index (χ4n) is 3.43. The normalized spacial score (nSPS) is 15.2. The van der Waals surface area contributed by atoms with Crippen molar-refractivity contribution in [2.24, 2.45) is 0 Å². The molecule has 0 unspecified atom stereocenters. The number of rotatable bonds is 3. The average molecular weight is 448 g/mol. The number of nitrogens with one attached hydrogen (secondary N) is 1. The summed E-state index contributed by atoms with van der Waals surface area (Å²) < 4.78 is 0. The molecule has 0 bridgehead atoms. The van der Waals surface area contributed by atoms with Crippen LogP contribution in [0.15, 0.2) is 23.4 Å². The van der Waals surface area contributed by atoms with Crippen LogP contribution in [0, 0.1) is 0 Å². The minimum atomic E-state index is 0.552. The molecule has 1 aromatic carbocycles. The Labute approximate surface area is 183 Å². The summed E-state index contributed by atoms with van der Waals surface area (Å²) in [5.74, 6) is 0.800. The molecule has 1 aliphatic heterocycles. The summed E-state index contributed by atoms with van der Waals surface area (Å²) in [6, 6.07) is 3.53. The van der Waals surface area contributed by atoms with Crippen LogP contribution in [-0.4, -0.2) is 34.4 Å². The lowest BCUT2D eigenvalue weighted by molar-refractivity contribution is -0.121. The molecule has 1 fully saturated rings. The Hall–Kier alpha value is -2.03. The molecule has 2 aromatic heterocycles. The van der Waals surface area contributed by atoms with Crippen LogP contribution in [0.1, 0.15) is 29.7 Å². The van der Waals surface area contributed by atoms with Gasteiger partial charge in [-0.2, -0.15) is 0 Å². The lowest BCUT2D eigenvalue weighted by Crippen LogP contribution is -2.35. The average Bonchev–Trinajstić information content (AvgIpc) is 3.05. The zero-order valence-corrected chi connectivity index (χ0v) is 18.3. The van der Waals surface area contributed by atoms with Crippen molar-refractivity contribution < 1.29 is 4.79 Å². The van der Waals surface area contributed by atoms with Crippen LogP contribution in [0.5, 0.6) is 0 Å². The number of likely N-dealkylation sites (tertiary alicyclic amines) is 1. The highest BCUT2D eigenvalue weighted by Crippen LogP contribution is 2.40. The first-order chi connectivity index (χ1) is 14.1. The number of aryl methyl sites for hydroxylation is 2.